The van der Waals surface area contributed by atoms with Crippen molar-refractivity contribution in [2.24, 2.45) is 0 Å². The number of aromatic nitrogens is 2. The molecule has 0 spiro atoms. The third-order valence-corrected chi connectivity index (χ3v) is 3.08. The molecule has 19 heavy (non-hydrogen) atoms. The molecule has 1 aliphatic rings. The lowest BCUT2D eigenvalue weighted by Crippen LogP contribution is -2.29. The first-order valence-electron chi connectivity index (χ1n) is 6.37. The van der Waals surface area contributed by atoms with Crippen LogP contribution in [0.3, 0.4) is 0 Å². The topological polar surface area (TPSA) is 79.0 Å². The smallest absolute Gasteiger partial charge is 0.272 e. The number of H-pyrrole nitrogens is 1. The van der Waals surface area contributed by atoms with E-state index in [2.05, 4.69) is 20.8 Å². The molecular formula is C12H21ClN4O2. The number of fused-ring (bicyclic) bond motifs is 1. The Hall–Kier alpha value is -1.11. The predicted octanol–water partition coefficient (Wildman–Crippen LogP) is 0.634. The van der Waals surface area contributed by atoms with Gasteiger partial charge in [-0.2, -0.15) is 5.10 Å². The summed E-state index contributed by atoms with van der Waals surface area (Å²) >= 11 is 0. The standard InChI is InChI=1S/C12H20N4O2.ClH/c1-18-7-3-2-5-14-12(17)11-9-8-13-6-4-10(9)15-16-11;/h13H,2-8H2,1H3,(H,14,17)(H,15,16);1H. The molecule has 2 heterocycles. The zero-order valence-corrected chi connectivity index (χ0v) is 11.9. The van der Waals surface area contributed by atoms with Crippen molar-refractivity contribution in [3.8, 4) is 0 Å². The number of methoxy groups -OCH3 is 1. The van der Waals surface area contributed by atoms with E-state index in [-0.39, 0.29) is 18.3 Å². The minimum Gasteiger partial charge on any atom is -0.385 e. The van der Waals surface area contributed by atoms with Crippen molar-refractivity contribution in [1.82, 2.24) is 20.8 Å². The Labute approximate surface area is 119 Å². The number of halogens is 1. The highest BCUT2D eigenvalue weighted by Crippen LogP contribution is 2.14. The second-order valence-corrected chi connectivity index (χ2v) is 4.41. The van der Waals surface area contributed by atoms with Crippen LogP contribution < -0.4 is 10.6 Å². The monoisotopic (exact) mass is 288 g/mol. The van der Waals surface area contributed by atoms with Crippen LogP contribution in [0.15, 0.2) is 0 Å². The summed E-state index contributed by atoms with van der Waals surface area (Å²) in [5.41, 5.74) is 2.62. The highest BCUT2D eigenvalue weighted by atomic mass is 35.5. The first-order chi connectivity index (χ1) is 8.83. The third-order valence-electron chi connectivity index (χ3n) is 3.08. The molecule has 0 radical (unpaired) electrons. The number of unbranched alkanes of at least 4 members (excludes halogenated alkanes) is 1. The molecule has 2 rings (SSSR count). The van der Waals surface area contributed by atoms with E-state index in [9.17, 15) is 4.79 Å². The summed E-state index contributed by atoms with van der Waals surface area (Å²) in [7, 11) is 1.68. The van der Waals surface area contributed by atoms with Gasteiger partial charge in [0.25, 0.3) is 5.91 Å². The fourth-order valence-electron chi connectivity index (χ4n) is 2.07. The maximum absolute atomic E-state index is 12.0. The van der Waals surface area contributed by atoms with Gasteiger partial charge >= 0.3 is 0 Å². The zero-order valence-electron chi connectivity index (χ0n) is 11.1. The van der Waals surface area contributed by atoms with E-state index >= 15 is 0 Å². The fourth-order valence-corrected chi connectivity index (χ4v) is 2.07. The number of hydrogen-bond acceptors (Lipinski definition) is 4. The Balaban J connectivity index is 0.00000180. The van der Waals surface area contributed by atoms with Crippen molar-refractivity contribution in [3.05, 3.63) is 17.0 Å². The Morgan fingerprint density at radius 1 is 1.47 bits per heavy atom. The van der Waals surface area contributed by atoms with Gasteiger partial charge in [0.2, 0.25) is 0 Å². The molecule has 1 aromatic heterocycles. The van der Waals surface area contributed by atoms with Crippen molar-refractivity contribution in [3.63, 3.8) is 0 Å². The van der Waals surface area contributed by atoms with Crippen LogP contribution in [0.4, 0.5) is 0 Å². The maximum Gasteiger partial charge on any atom is 0.272 e. The average molecular weight is 289 g/mol. The molecule has 1 amide bonds. The number of nitrogens with one attached hydrogen (secondary N) is 3. The highest BCUT2D eigenvalue weighted by molar-refractivity contribution is 5.94. The van der Waals surface area contributed by atoms with Crippen molar-refractivity contribution < 1.29 is 9.53 Å². The number of amides is 1. The normalized spacial score (nSPS) is 13.5. The molecule has 0 fully saturated rings. The van der Waals surface area contributed by atoms with Gasteiger partial charge in [-0.25, -0.2) is 0 Å². The lowest BCUT2D eigenvalue weighted by molar-refractivity contribution is 0.0945. The molecule has 1 aliphatic heterocycles. The number of nitrogens with zero attached hydrogens (tertiary/aromatic N) is 1. The van der Waals surface area contributed by atoms with E-state index < -0.39 is 0 Å². The van der Waals surface area contributed by atoms with Crippen LogP contribution in [0.25, 0.3) is 0 Å². The quantitative estimate of drug-likeness (QED) is 0.671. The number of aromatic amines is 1. The minimum atomic E-state index is -0.0892. The van der Waals surface area contributed by atoms with Crippen LogP contribution in [0.1, 0.15) is 34.6 Å². The Bertz CT molecular complexity index is 408. The van der Waals surface area contributed by atoms with Gasteiger partial charge in [0, 0.05) is 51.0 Å². The number of ether oxygens (including phenoxy) is 1. The fraction of sp³-hybridized carbons (Fsp3) is 0.667. The second-order valence-electron chi connectivity index (χ2n) is 4.41. The van der Waals surface area contributed by atoms with E-state index in [0.29, 0.717) is 12.2 Å². The minimum absolute atomic E-state index is 0. The van der Waals surface area contributed by atoms with E-state index in [1.807, 2.05) is 0 Å². The summed E-state index contributed by atoms with van der Waals surface area (Å²) < 4.78 is 4.96. The Morgan fingerprint density at radius 3 is 3.11 bits per heavy atom. The van der Waals surface area contributed by atoms with Gasteiger partial charge in [0.15, 0.2) is 5.69 Å². The number of carbonyl (C=O) groups excluding carboxylic acids is 1. The van der Waals surface area contributed by atoms with Crippen molar-refractivity contribution in [2.45, 2.75) is 25.8 Å². The summed E-state index contributed by atoms with van der Waals surface area (Å²) in [4.78, 5) is 12.0. The molecule has 1 aromatic rings. The van der Waals surface area contributed by atoms with Crippen LogP contribution in [0, 0.1) is 0 Å². The number of rotatable bonds is 6. The summed E-state index contributed by atoms with van der Waals surface area (Å²) in [5.74, 6) is -0.0892. The maximum atomic E-state index is 12.0. The van der Waals surface area contributed by atoms with Crippen molar-refractivity contribution >= 4 is 18.3 Å². The summed E-state index contributed by atoms with van der Waals surface area (Å²) in [6.45, 7) is 3.06. The summed E-state index contributed by atoms with van der Waals surface area (Å²) in [5, 5.41) is 13.2. The Kier molecular flexibility index (Phi) is 6.83. The molecule has 108 valence electrons. The van der Waals surface area contributed by atoms with Gasteiger partial charge in [-0.05, 0) is 12.8 Å². The number of hydrogen-bond donors (Lipinski definition) is 3. The molecule has 0 atom stereocenters. The van der Waals surface area contributed by atoms with Gasteiger partial charge in [-0.15, -0.1) is 12.4 Å². The van der Waals surface area contributed by atoms with E-state index in [4.69, 9.17) is 4.74 Å². The van der Waals surface area contributed by atoms with Gasteiger partial charge in [-0.1, -0.05) is 0 Å². The average Bonchev–Trinajstić information content (AvgIpc) is 2.82. The van der Waals surface area contributed by atoms with E-state index in [1.165, 1.54) is 0 Å². The predicted molar refractivity (Wildman–Crippen MR) is 74.7 cm³/mol. The molecule has 0 saturated heterocycles. The molecular weight excluding hydrogens is 268 g/mol. The second kappa shape index (κ2) is 8.14. The largest absolute Gasteiger partial charge is 0.385 e. The summed E-state index contributed by atoms with van der Waals surface area (Å²) in [6, 6.07) is 0. The molecule has 0 aliphatic carbocycles. The van der Waals surface area contributed by atoms with Crippen molar-refractivity contribution in [2.75, 3.05) is 26.8 Å². The van der Waals surface area contributed by atoms with Crippen LogP contribution in [0.5, 0.6) is 0 Å². The van der Waals surface area contributed by atoms with Gasteiger partial charge in [-0.3, -0.25) is 9.89 Å². The van der Waals surface area contributed by atoms with Gasteiger partial charge < -0.3 is 15.4 Å². The van der Waals surface area contributed by atoms with E-state index in [0.717, 1.165) is 50.2 Å². The first-order valence-corrected chi connectivity index (χ1v) is 6.37. The molecule has 3 N–H and O–H groups in total. The lowest BCUT2D eigenvalue weighted by Gasteiger charge is -2.12. The van der Waals surface area contributed by atoms with Crippen LogP contribution >= 0.6 is 12.4 Å². The molecule has 0 unspecified atom stereocenters. The van der Waals surface area contributed by atoms with Crippen LogP contribution in [0.2, 0.25) is 0 Å². The van der Waals surface area contributed by atoms with Gasteiger partial charge in [0.1, 0.15) is 0 Å². The Morgan fingerprint density at radius 2 is 2.32 bits per heavy atom. The third kappa shape index (κ3) is 4.19. The SMILES string of the molecule is COCCCCNC(=O)c1n[nH]c2c1CNCC2.Cl. The lowest BCUT2D eigenvalue weighted by atomic mass is 10.1. The van der Waals surface area contributed by atoms with Crippen molar-refractivity contribution in [1.29, 1.82) is 0 Å². The van der Waals surface area contributed by atoms with Crippen LogP contribution in [-0.2, 0) is 17.7 Å². The molecule has 0 saturated carbocycles. The number of carbonyl (C=O) groups is 1. The molecule has 0 aromatic carbocycles. The molecule has 7 heteroatoms. The van der Waals surface area contributed by atoms with Crippen LogP contribution in [-0.4, -0.2) is 42.9 Å². The first kappa shape index (κ1) is 15.9. The van der Waals surface area contributed by atoms with Gasteiger partial charge in [0.05, 0.1) is 0 Å². The molecule has 0 bridgehead atoms. The zero-order chi connectivity index (χ0) is 12.8. The summed E-state index contributed by atoms with van der Waals surface area (Å²) in [6.07, 6.45) is 2.78. The molecule has 6 nitrogen and oxygen atoms in total. The van der Waals surface area contributed by atoms with E-state index in [1.54, 1.807) is 7.11 Å². The highest BCUT2D eigenvalue weighted by Gasteiger charge is 2.20.